The lowest BCUT2D eigenvalue weighted by Gasteiger charge is -2.25. The summed E-state index contributed by atoms with van der Waals surface area (Å²) >= 11 is 0. The summed E-state index contributed by atoms with van der Waals surface area (Å²) in [5.41, 5.74) is 4.33. The maximum Gasteiger partial charge on any atom is 0.259 e. The van der Waals surface area contributed by atoms with E-state index in [4.69, 9.17) is 0 Å². The van der Waals surface area contributed by atoms with E-state index in [2.05, 4.69) is 21.4 Å². The molecular weight excluding hydrogens is 348 g/mol. The van der Waals surface area contributed by atoms with Crippen molar-refractivity contribution in [3.05, 3.63) is 72.1 Å². The molecule has 1 fully saturated rings. The molecular formula is C23H26N4O. The van der Waals surface area contributed by atoms with Crippen molar-refractivity contribution in [3.8, 4) is 5.69 Å². The van der Waals surface area contributed by atoms with Crippen molar-refractivity contribution in [1.82, 2.24) is 9.78 Å². The Morgan fingerprint density at radius 2 is 1.61 bits per heavy atom. The van der Waals surface area contributed by atoms with Crippen LogP contribution in [-0.4, -0.2) is 28.8 Å². The lowest BCUT2D eigenvalue weighted by Crippen LogP contribution is -2.25. The number of benzene rings is 2. The Morgan fingerprint density at radius 1 is 0.929 bits per heavy atom. The Kier molecular flexibility index (Phi) is 5.42. The molecule has 1 aromatic heterocycles. The SMILES string of the molecule is Cc1c(C(=O)Nc2ccccc2N2CCCCCC2)cnn1-c1ccccc1. The van der Waals surface area contributed by atoms with Gasteiger partial charge >= 0.3 is 0 Å². The molecule has 4 rings (SSSR count). The number of aromatic nitrogens is 2. The summed E-state index contributed by atoms with van der Waals surface area (Å²) < 4.78 is 1.80. The number of hydrogen-bond donors (Lipinski definition) is 1. The van der Waals surface area contributed by atoms with Gasteiger partial charge in [-0.15, -0.1) is 0 Å². The van der Waals surface area contributed by atoms with Crippen molar-refractivity contribution in [3.63, 3.8) is 0 Å². The van der Waals surface area contributed by atoms with Crippen molar-refractivity contribution in [2.75, 3.05) is 23.3 Å². The van der Waals surface area contributed by atoms with Crippen LogP contribution in [0, 0.1) is 6.92 Å². The first kappa shape index (κ1) is 18.3. The third-order valence-electron chi connectivity index (χ3n) is 5.35. The molecule has 0 bridgehead atoms. The second-order valence-electron chi connectivity index (χ2n) is 7.26. The van der Waals surface area contributed by atoms with Crippen molar-refractivity contribution in [2.45, 2.75) is 32.6 Å². The van der Waals surface area contributed by atoms with Gasteiger partial charge in [-0.05, 0) is 44.0 Å². The van der Waals surface area contributed by atoms with Crippen LogP contribution in [0.3, 0.4) is 0 Å². The van der Waals surface area contributed by atoms with Crippen LogP contribution in [0.2, 0.25) is 0 Å². The third kappa shape index (κ3) is 3.79. The minimum Gasteiger partial charge on any atom is -0.370 e. The van der Waals surface area contributed by atoms with E-state index in [0.29, 0.717) is 5.56 Å². The zero-order valence-electron chi connectivity index (χ0n) is 16.3. The molecule has 144 valence electrons. The Bertz CT molecular complexity index is 940. The van der Waals surface area contributed by atoms with E-state index in [1.807, 2.05) is 55.5 Å². The molecule has 3 aromatic rings. The van der Waals surface area contributed by atoms with Gasteiger partial charge in [0.2, 0.25) is 0 Å². The molecule has 1 N–H and O–H groups in total. The molecule has 28 heavy (non-hydrogen) atoms. The second kappa shape index (κ2) is 8.30. The smallest absolute Gasteiger partial charge is 0.259 e. The average molecular weight is 374 g/mol. The molecule has 0 atom stereocenters. The monoisotopic (exact) mass is 374 g/mol. The van der Waals surface area contributed by atoms with Gasteiger partial charge in [0.05, 0.1) is 34.5 Å². The topological polar surface area (TPSA) is 50.2 Å². The molecule has 0 saturated carbocycles. The van der Waals surface area contributed by atoms with Crippen LogP contribution in [0.4, 0.5) is 11.4 Å². The van der Waals surface area contributed by atoms with E-state index in [0.717, 1.165) is 35.8 Å². The van der Waals surface area contributed by atoms with Crippen LogP contribution >= 0.6 is 0 Å². The number of rotatable bonds is 4. The number of nitrogens with zero attached hydrogens (tertiary/aromatic N) is 3. The fourth-order valence-electron chi connectivity index (χ4n) is 3.82. The summed E-state index contributed by atoms with van der Waals surface area (Å²) in [6, 6.07) is 18.0. The van der Waals surface area contributed by atoms with Crippen LogP contribution in [0.1, 0.15) is 41.7 Å². The van der Waals surface area contributed by atoms with Crippen molar-refractivity contribution in [1.29, 1.82) is 0 Å². The van der Waals surface area contributed by atoms with Gasteiger partial charge in [0, 0.05) is 13.1 Å². The highest BCUT2D eigenvalue weighted by Gasteiger charge is 2.18. The van der Waals surface area contributed by atoms with Gasteiger partial charge < -0.3 is 10.2 Å². The number of amides is 1. The Labute approximate surface area is 166 Å². The van der Waals surface area contributed by atoms with E-state index >= 15 is 0 Å². The lowest BCUT2D eigenvalue weighted by atomic mass is 10.2. The van der Waals surface area contributed by atoms with Gasteiger partial charge in [-0.1, -0.05) is 43.2 Å². The molecule has 2 heterocycles. The molecule has 0 unspecified atom stereocenters. The quantitative estimate of drug-likeness (QED) is 0.713. The number of nitrogens with one attached hydrogen (secondary N) is 1. The highest BCUT2D eigenvalue weighted by atomic mass is 16.1. The normalized spacial score (nSPS) is 14.5. The first-order valence-corrected chi connectivity index (χ1v) is 9.99. The van der Waals surface area contributed by atoms with Crippen molar-refractivity contribution < 1.29 is 4.79 Å². The van der Waals surface area contributed by atoms with Crippen LogP contribution < -0.4 is 10.2 Å². The molecule has 2 aromatic carbocycles. The Balaban J connectivity index is 1.57. The summed E-state index contributed by atoms with van der Waals surface area (Å²) in [7, 11) is 0. The predicted molar refractivity (Wildman–Crippen MR) is 113 cm³/mol. The molecule has 1 aliphatic heterocycles. The van der Waals surface area contributed by atoms with E-state index < -0.39 is 0 Å². The summed E-state index contributed by atoms with van der Waals surface area (Å²) in [4.78, 5) is 15.4. The molecule has 5 nitrogen and oxygen atoms in total. The molecule has 1 saturated heterocycles. The number of carbonyl (C=O) groups excluding carboxylic acids is 1. The van der Waals surface area contributed by atoms with Gasteiger partial charge in [0.15, 0.2) is 0 Å². The molecule has 0 aliphatic carbocycles. The van der Waals surface area contributed by atoms with Gasteiger partial charge in [-0.2, -0.15) is 5.10 Å². The standard InChI is InChI=1S/C23H26N4O/c1-18-20(17-24-27(18)19-11-5-4-6-12-19)23(28)25-21-13-7-8-14-22(21)26-15-9-2-3-10-16-26/h4-8,11-14,17H,2-3,9-10,15-16H2,1H3,(H,25,28). The summed E-state index contributed by atoms with van der Waals surface area (Å²) in [6.45, 7) is 4.01. The van der Waals surface area contributed by atoms with E-state index in [1.54, 1.807) is 10.9 Å². The molecule has 5 heteroatoms. The third-order valence-corrected chi connectivity index (χ3v) is 5.35. The van der Waals surface area contributed by atoms with Crippen molar-refractivity contribution in [2.24, 2.45) is 0 Å². The van der Waals surface area contributed by atoms with Crippen LogP contribution in [0.15, 0.2) is 60.8 Å². The zero-order chi connectivity index (χ0) is 19.3. The van der Waals surface area contributed by atoms with E-state index in [1.165, 1.54) is 25.7 Å². The summed E-state index contributed by atoms with van der Waals surface area (Å²) in [5.74, 6) is -0.123. The van der Waals surface area contributed by atoms with Gasteiger partial charge in [0.25, 0.3) is 5.91 Å². The summed E-state index contributed by atoms with van der Waals surface area (Å²) in [5, 5.41) is 7.53. The van der Waals surface area contributed by atoms with Crippen LogP contribution in [0.5, 0.6) is 0 Å². The molecule has 1 amide bonds. The Morgan fingerprint density at radius 3 is 2.36 bits per heavy atom. The number of anilines is 2. The van der Waals surface area contributed by atoms with Crippen LogP contribution in [-0.2, 0) is 0 Å². The first-order valence-electron chi connectivity index (χ1n) is 9.99. The Hall–Kier alpha value is -3.08. The predicted octanol–water partition coefficient (Wildman–Crippen LogP) is 4.81. The summed E-state index contributed by atoms with van der Waals surface area (Å²) in [6.07, 6.45) is 6.61. The largest absolute Gasteiger partial charge is 0.370 e. The molecule has 0 spiro atoms. The highest BCUT2D eigenvalue weighted by Crippen LogP contribution is 2.28. The zero-order valence-corrected chi connectivity index (χ0v) is 16.3. The van der Waals surface area contributed by atoms with E-state index in [9.17, 15) is 4.79 Å². The van der Waals surface area contributed by atoms with E-state index in [-0.39, 0.29) is 5.91 Å². The number of carbonyl (C=O) groups is 1. The molecule has 0 radical (unpaired) electrons. The van der Waals surface area contributed by atoms with Gasteiger partial charge in [-0.3, -0.25) is 4.79 Å². The first-order chi connectivity index (χ1) is 13.7. The highest BCUT2D eigenvalue weighted by molar-refractivity contribution is 6.06. The maximum atomic E-state index is 13.0. The second-order valence-corrected chi connectivity index (χ2v) is 7.26. The fraction of sp³-hybridized carbons (Fsp3) is 0.304. The number of para-hydroxylation sites is 3. The fourth-order valence-corrected chi connectivity index (χ4v) is 3.82. The van der Waals surface area contributed by atoms with Crippen LogP contribution in [0.25, 0.3) is 5.69 Å². The maximum absolute atomic E-state index is 13.0. The number of hydrogen-bond acceptors (Lipinski definition) is 3. The van der Waals surface area contributed by atoms with Gasteiger partial charge in [-0.25, -0.2) is 4.68 Å². The van der Waals surface area contributed by atoms with Crippen molar-refractivity contribution >= 4 is 17.3 Å². The van der Waals surface area contributed by atoms with Gasteiger partial charge in [0.1, 0.15) is 0 Å². The average Bonchev–Trinajstić information content (AvgIpc) is 2.92. The lowest BCUT2D eigenvalue weighted by molar-refractivity contribution is 0.102. The minimum absolute atomic E-state index is 0.123. The molecule has 1 aliphatic rings. The minimum atomic E-state index is -0.123.